The third-order valence-corrected chi connectivity index (χ3v) is 5.82. The fourth-order valence-corrected chi connectivity index (χ4v) is 4.33. The Balaban J connectivity index is 1.58. The first kappa shape index (κ1) is 18.6. The third-order valence-electron chi connectivity index (χ3n) is 4.85. The zero-order chi connectivity index (χ0) is 18.4. The highest BCUT2D eigenvalue weighted by Crippen LogP contribution is 2.30. The minimum Gasteiger partial charge on any atom is -0.352 e. The highest BCUT2D eigenvalue weighted by atomic mass is 32.1. The van der Waals surface area contributed by atoms with E-state index >= 15 is 0 Å². The van der Waals surface area contributed by atoms with Crippen molar-refractivity contribution in [2.45, 2.75) is 45.4 Å². The number of aryl methyl sites for hydroxylation is 1. The smallest absolute Gasteiger partial charge is 0.254 e. The summed E-state index contributed by atoms with van der Waals surface area (Å²) in [6.45, 7) is 2.54. The van der Waals surface area contributed by atoms with Gasteiger partial charge in [-0.25, -0.2) is 0 Å². The predicted octanol–water partition coefficient (Wildman–Crippen LogP) is 4.55. The Kier molecular flexibility index (Phi) is 6.45. The molecular weight excluding hydrogens is 344 g/mol. The molecule has 3 rings (SSSR count). The van der Waals surface area contributed by atoms with Crippen LogP contribution >= 0.6 is 11.3 Å². The summed E-state index contributed by atoms with van der Waals surface area (Å²) >= 11 is 1.47. The molecule has 0 saturated heterocycles. The second kappa shape index (κ2) is 8.99. The van der Waals surface area contributed by atoms with Crippen LogP contribution in [-0.4, -0.2) is 18.4 Å². The number of anilines is 1. The van der Waals surface area contributed by atoms with E-state index in [0.29, 0.717) is 17.1 Å². The highest BCUT2D eigenvalue weighted by molar-refractivity contribution is 7.16. The zero-order valence-corrected chi connectivity index (χ0v) is 16.0. The quantitative estimate of drug-likeness (QED) is 0.784. The Morgan fingerprint density at radius 2 is 1.85 bits per heavy atom. The van der Waals surface area contributed by atoms with Crippen LogP contribution in [0.1, 0.15) is 52.9 Å². The Labute approximate surface area is 159 Å². The molecule has 0 radical (unpaired) electrons. The van der Waals surface area contributed by atoms with Crippen LogP contribution < -0.4 is 10.6 Å². The molecular formula is C21H26N2O2S. The van der Waals surface area contributed by atoms with Crippen LogP contribution in [0, 0.1) is 12.8 Å². The summed E-state index contributed by atoms with van der Waals surface area (Å²) in [7, 11) is 0. The summed E-state index contributed by atoms with van der Waals surface area (Å²) in [5.41, 5.74) is 1.77. The molecule has 1 fully saturated rings. The largest absolute Gasteiger partial charge is 0.352 e. The SMILES string of the molecule is Cc1cc(C(=O)NCCc2ccccc2)c(NC(=O)C2CCCCC2)s1. The molecule has 1 aromatic heterocycles. The summed E-state index contributed by atoms with van der Waals surface area (Å²) in [6, 6.07) is 11.9. The fourth-order valence-electron chi connectivity index (χ4n) is 3.41. The molecule has 2 N–H and O–H groups in total. The number of amides is 2. The minimum atomic E-state index is -0.121. The average molecular weight is 371 g/mol. The lowest BCUT2D eigenvalue weighted by atomic mass is 9.89. The minimum absolute atomic E-state index is 0.0601. The van der Waals surface area contributed by atoms with Crippen molar-refractivity contribution >= 4 is 28.2 Å². The van der Waals surface area contributed by atoms with Crippen LogP contribution in [0.25, 0.3) is 0 Å². The maximum Gasteiger partial charge on any atom is 0.254 e. The van der Waals surface area contributed by atoms with Gasteiger partial charge in [-0.3, -0.25) is 9.59 Å². The molecule has 0 bridgehead atoms. The van der Waals surface area contributed by atoms with Gasteiger partial charge in [0.15, 0.2) is 0 Å². The van der Waals surface area contributed by atoms with E-state index in [1.165, 1.54) is 23.3 Å². The standard InChI is InChI=1S/C21H26N2O2S/c1-15-14-18(20(25)22-13-12-16-8-4-2-5-9-16)21(26-15)23-19(24)17-10-6-3-7-11-17/h2,4-5,8-9,14,17H,3,6-7,10-13H2,1H3,(H,22,25)(H,23,24). The van der Waals surface area contributed by atoms with Crippen molar-refractivity contribution in [3.05, 3.63) is 52.4 Å². The maximum absolute atomic E-state index is 12.6. The number of hydrogen-bond donors (Lipinski definition) is 2. The van der Waals surface area contributed by atoms with E-state index in [1.54, 1.807) is 0 Å². The third kappa shape index (κ3) is 4.94. The van der Waals surface area contributed by atoms with Crippen molar-refractivity contribution in [2.24, 2.45) is 5.92 Å². The van der Waals surface area contributed by atoms with E-state index in [2.05, 4.69) is 22.8 Å². The summed E-state index contributed by atoms with van der Waals surface area (Å²) < 4.78 is 0. The van der Waals surface area contributed by atoms with E-state index < -0.39 is 0 Å². The number of hydrogen-bond acceptors (Lipinski definition) is 3. The topological polar surface area (TPSA) is 58.2 Å². The summed E-state index contributed by atoms with van der Waals surface area (Å²) in [5, 5.41) is 6.66. The average Bonchev–Trinajstić information content (AvgIpc) is 3.03. The van der Waals surface area contributed by atoms with Crippen molar-refractivity contribution in [3.8, 4) is 0 Å². The number of carbonyl (C=O) groups excluding carboxylic acids is 2. The molecule has 1 aliphatic rings. The van der Waals surface area contributed by atoms with Gasteiger partial charge in [0, 0.05) is 17.3 Å². The normalized spacial score (nSPS) is 14.8. The molecule has 1 aromatic carbocycles. The number of benzene rings is 1. The second-order valence-corrected chi connectivity index (χ2v) is 8.17. The van der Waals surface area contributed by atoms with Crippen LogP contribution in [0.3, 0.4) is 0 Å². The number of thiophene rings is 1. The van der Waals surface area contributed by atoms with Crippen molar-refractivity contribution in [3.63, 3.8) is 0 Å². The molecule has 4 nitrogen and oxygen atoms in total. The fraction of sp³-hybridized carbons (Fsp3) is 0.429. The van der Waals surface area contributed by atoms with Crippen LogP contribution in [0.2, 0.25) is 0 Å². The second-order valence-electron chi connectivity index (χ2n) is 6.92. The van der Waals surface area contributed by atoms with Gasteiger partial charge < -0.3 is 10.6 Å². The van der Waals surface area contributed by atoms with Crippen LogP contribution in [0.4, 0.5) is 5.00 Å². The van der Waals surface area contributed by atoms with Gasteiger partial charge in [0.2, 0.25) is 5.91 Å². The molecule has 0 aliphatic heterocycles. The lowest BCUT2D eigenvalue weighted by molar-refractivity contribution is -0.120. The Bertz CT molecular complexity index is 749. The molecule has 26 heavy (non-hydrogen) atoms. The monoisotopic (exact) mass is 370 g/mol. The molecule has 0 spiro atoms. The van der Waals surface area contributed by atoms with Gasteiger partial charge in [0.1, 0.15) is 5.00 Å². The molecule has 1 heterocycles. The lowest BCUT2D eigenvalue weighted by Crippen LogP contribution is -2.28. The van der Waals surface area contributed by atoms with Gasteiger partial charge in [-0.2, -0.15) is 0 Å². The Hall–Kier alpha value is -2.14. The molecule has 1 saturated carbocycles. The number of carbonyl (C=O) groups is 2. The predicted molar refractivity (Wildman–Crippen MR) is 107 cm³/mol. The number of rotatable bonds is 6. The number of nitrogens with one attached hydrogen (secondary N) is 2. The van der Waals surface area contributed by atoms with Gasteiger partial charge in [0.05, 0.1) is 5.56 Å². The Morgan fingerprint density at radius 1 is 1.12 bits per heavy atom. The first-order valence-electron chi connectivity index (χ1n) is 9.37. The van der Waals surface area contributed by atoms with Gasteiger partial charge in [-0.15, -0.1) is 11.3 Å². The molecule has 0 atom stereocenters. The van der Waals surface area contributed by atoms with E-state index in [0.717, 1.165) is 37.0 Å². The van der Waals surface area contributed by atoms with E-state index in [-0.39, 0.29) is 17.7 Å². The van der Waals surface area contributed by atoms with Crippen molar-refractivity contribution in [1.29, 1.82) is 0 Å². The molecule has 138 valence electrons. The lowest BCUT2D eigenvalue weighted by Gasteiger charge is -2.20. The van der Waals surface area contributed by atoms with Crippen molar-refractivity contribution in [1.82, 2.24) is 5.32 Å². The van der Waals surface area contributed by atoms with Gasteiger partial charge in [-0.1, -0.05) is 49.6 Å². The van der Waals surface area contributed by atoms with E-state index in [1.807, 2.05) is 31.2 Å². The summed E-state index contributed by atoms with van der Waals surface area (Å²) in [4.78, 5) is 26.1. The maximum atomic E-state index is 12.6. The molecule has 1 aliphatic carbocycles. The van der Waals surface area contributed by atoms with Gasteiger partial charge in [-0.05, 0) is 37.8 Å². The van der Waals surface area contributed by atoms with Crippen molar-refractivity contribution < 1.29 is 9.59 Å². The zero-order valence-electron chi connectivity index (χ0n) is 15.2. The molecule has 2 amide bonds. The first-order valence-corrected chi connectivity index (χ1v) is 10.2. The van der Waals surface area contributed by atoms with Crippen LogP contribution in [0.15, 0.2) is 36.4 Å². The van der Waals surface area contributed by atoms with Crippen LogP contribution in [0.5, 0.6) is 0 Å². The van der Waals surface area contributed by atoms with Crippen LogP contribution in [-0.2, 0) is 11.2 Å². The highest BCUT2D eigenvalue weighted by Gasteiger charge is 2.23. The van der Waals surface area contributed by atoms with Crippen molar-refractivity contribution in [2.75, 3.05) is 11.9 Å². The Morgan fingerprint density at radius 3 is 2.58 bits per heavy atom. The first-order chi connectivity index (χ1) is 12.6. The summed E-state index contributed by atoms with van der Waals surface area (Å²) in [6.07, 6.45) is 6.16. The molecule has 2 aromatic rings. The summed E-state index contributed by atoms with van der Waals surface area (Å²) in [5.74, 6) is 0.0225. The van der Waals surface area contributed by atoms with Gasteiger partial charge >= 0.3 is 0 Å². The van der Waals surface area contributed by atoms with E-state index in [4.69, 9.17) is 0 Å². The molecule has 0 unspecified atom stereocenters. The van der Waals surface area contributed by atoms with E-state index in [9.17, 15) is 9.59 Å². The van der Waals surface area contributed by atoms with Gasteiger partial charge in [0.25, 0.3) is 5.91 Å². The molecule has 5 heteroatoms.